The van der Waals surface area contributed by atoms with E-state index < -0.39 is 15.6 Å². The summed E-state index contributed by atoms with van der Waals surface area (Å²) in [6.45, 7) is 6.08. The fraction of sp³-hybridized carbons (Fsp3) is 0.476. The molecule has 164 valence electrons. The highest BCUT2D eigenvalue weighted by Gasteiger charge is 2.27. The van der Waals surface area contributed by atoms with Crippen LogP contribution in [0.5, 0.6) is 0 Å². The van der Waals surface area contributed by atoms with Gasteiger partial charge in [-0.05, 0) is 56.5 Å². The van der Waals surface area contributed by atoms with Gasteiger partial charge in [0, 0.05) is 19.6 Å². The Bertz CT molecular complexity index is 932. The van der Waals surface area contributed by atoms with E-state index in [1.54, 1.807) is 43.3 Å². The van der Waals surface area contributed by atoms with E-state index in [9.17, 15) is 13.5 Å². The van der Waals surface area contributed by atoms with Gasteiger partial charge < -0.3 is 20.2 Å². The Kier molecular flexibility index (Phi) is 7.17. The minimum absolute atomic E-state index is 0.222. The number of aliphatic hydroxyl groups is 1. The number of nitrogens with zero attached hydrogens (tertiary/aromatic N) is 2. The van der Waals surface area contributed by atoms with Gasteiger partial charge >= 0.3 is 0 Å². The molecule has 1 fully saturated rings. The number of guanidine groups is 1. The molecule has 2 heterocycles. The Morgan fingerprint density at radius 3 is 2.50 bits per heavy atom. The molecule has 0 radical (unpaired) electrons. The third kappa shape index (κ3) is 5.41. The zero-order valence-corrected chi connectivity index (χ0v) is 18.3. The van der Waals surface area contributed by atoms with E-state index >= 15 is 0 Å². The summed E-state index contributed by atoms with van der Waals surface area (Å²) < 4.78 is 32.1. The zero-order valence-electron chi connectivity index (χ0n) is 17.5. The van der Waals surface area contributed by atoms with Gasteiger partial charge in [-0.1, -0.05) is 12.1 Å². The van der Waals surface area contributed by atoms with Gasteiger partial charge in [0.15, 0.2) is 5.96 Å². The quantitative estimate of drug-likeness (QED) is 0.434. The molecule has 3 N–H and O–H groups in total. The van der Waals surface area contributed by atoms with Crippen molar-refractivity contribution in [2.75, 3.05) is 26.2 Å². The maximum atomic E-state index is 12.6. The van der Waals surface area contributed by atoms with Crippen LogP contribution in [0.2, 0.25) is 0 Å². The first-order valence-corrected chi connectivity index (χ1v) is 11.6. The lowest BCUT2D eigenvalue weighted by Gasteiger charge is -2.22. The van der Waals surface area contributed by atoms with Crippen LogP contribution in [-0.4, -0.2) is 50.0 Å². The minimum atomic E-state index is -3.41. The Labute approximate surface area is 178 Å². The topological polar surface area (TPSA) is 107 Å². The second kappa shape index (κ2) is 9.63. The molecule has 1 aromatic carbocycles. The summed E-state index contributed by atoms with van der Waals surface area (Å²) in [6, 6.07) is 10.3. The lowest BCUT2D eigenvalue weighted by molar-refractivity contribution is 0.0386. The van der Waals surface area contributed by atoms with E-state index in [0.717, 1.165) is 18.4 Å². The molecular weight excluding hydrogens is 404 g/mol. The van der Waals surface area contributed by atoms with E-state index in [4.69, 9.17) is 4.42 Å². The normalized spacial score (nSPS) is 17.6. The summed E-state index contributed by atoms with van der Waals surface area (Å²) in [6.07, 6.45) is 3.36. The van der Waals surface area contributed by atoms with Gasteiger partial charge in [-0.3, -0.25) is 0 Å². The largest absolute Gasteiger partial charge is 0.466 e. The van der Waals surface area contributed by atoms with Crippen LogP contribution in [0.3, 0.4) is 0 Å². The van der Waals surface area contributed by atoms with E-state index in [0.29, 0.717) is 42.8 Å². The van der Waals surface area contributed by atoms with Crippen LogP contribution >= 0.6 is 0 Å². The Balaban J connectivity index is 1.63. The van der Waals surface area contributed by atoms with Gasteiger partial charge in [0.2, 0.25) is 10.0 Å². The molecule has 1 atom stereocenters. The van der Waals surface area contributed by atoms with Crippen LogP contribution in [0.4, 0.5) is 0 Å². The van der Waals surface area contributed by atoms with Crippen LogP contribution < -0.4 is 10.6 Å². The molecule has 1 unspecified atom stereocenters. The fourth-order valence-electron chi connectivity index (χ4n) is 3.28. The number of hydrogen-bond acceptors (Lipinski definition) is 5. The lowest BCUT2D eigenvalue weighted by Crippen LogP contribution is -2.44. The fourth-order valence-corrected chi connectivity index (χ4v) is 4.80. The molecule has 1 saturated heterocycles. The Morgan fingerprint density at radius 2 is 1.90 bits per heavy atom. The summed E-state index contributed by atoms with van der Waals surface area (Å²) in [5.74, 6) is 1.03. The van der Waals surface area contributed by atoms with Gasteiger partial charge in [0.1, 0.15) is 11.4 Å². The molecule has 30 heavy (non-hydrogen) atoms. The minimum Gasteiger partial charge on any atom is -0.466 e. The second-order valence-electron chi connectivity index (χ2n) is 7.56. The highest BCUT2D eigenvalue weighted by molar-refractivity contribution is 7.89. The van der Waals surface area contributed by atoms with Crippen molar-refractivity contribution in [3.63, 3.8) is 0 Å². The molecule has 0 spiro atoms. The molecule has 0 aliphatic carbocycles. The molecular formula is C21H30N4O4S. The van der Waals surface area contributed by atoms with E-state index in [2.05, 4.69) is 15.6 Å². The molecule has 2 aromatic rings. The van der Waals surface area contributed by atoms with E-state index in [-0.39, 0.29) is 6.54 Å². The summed E-state index contributed by atoms with van der Waals surface area (Å²) >= 11 is 0. The molecule has 3 rings (SSSR count). The van der Waals surface area contributed by atoms with Crippen molar-refractivity contribution in [1.29, 1.82) is 0 Å². The predicted molar refractivity (Wildman–Crippen MR) is 116 cm³/mol. The zero-order chi connectivity index (χ0) is 21.6. The third-order valence-electron chi connectivity index (χ3n) is 5.04. The smallest absolute Gasteiger partial charge is 0.243 e. The monoisotopic (exact) mass is 434 g/mol. The van der Waals surface area contributed by atoms with Crippen LogP contribution in [0.15, 0.2) is 57.0 Å². The molecule has 0 bridgehead atoms. The molecule has 0 saturated carbocycles. The first-order chi connectivity index (χ1) is 14.3. The average molecular weight is 435 g/mol. The van der Waals surface area contributed by atoms with Gasteiger partial charge in [0.05, 0.1) is 24.2 Å². The van der Waals surface area contributed by atoms with Crippen LogP contribution in [0, 0.1) is 0 Å². The third-order valence-corrected chi connectivity index (χ3v) is 6.96. The number of benzene rings is 1. The number of aliphatic imine (C=N–C) groups is 1. The summed E-state index contributed by atoms with van der Waals surface area (Å²) in [5, 5.41) is 16.8. The number of sulfonamides is 1. The van der Waals surface area contributed by atoms with E-state index in [1.165, 1.54) is 10.6 Å². The molecule has 8 nitrogen and oxygen atoms in total. The van der Waals surface area contributed by atoms with Crippen molar-refractivity contribution in [3.05, 3.63) is 54.0 Å². The van der Waals surface area contributed by atoms with E-state index in [1.807, 2.05) is 6.92 Å². The number of nitrogens with one attached hydrogen (secondary N) is 2. The van der Waals surface area contributed by atoms with Crippen molar-refractivity contribution >= 4 is 16.0 Å². The Morgan fingerprint density at radius 1 is 1.20 bits per heavy atom. The maximum absolute atomic E-state index is 12.6. The maximum Gasteiger partial charge on any atom is 0.243 e. The molecule has 1 aliphatic heterocycles. The second-order valence-corrected chi connectivity index (χ2v) is 9.49. The lowest BCUT2D eigenvalue weighted by atomic mass is 10.0. The van der Waals surface area contributed by atoms with Crippen LogP contribution in [0.1, 0.15) is 38.0 Å². The van der Waals surface area contributed by atoms with Crippen molar-refractivity contribution in [2.45, 2.75) is 43.7 Å². The average Bonchev–Trinajstić information content (AvgIpc) is 3.45. The summed E-state index contributed by atoms with van der Waals surface area (Å²) in [7, 11) is -3.41. The number of furan rings is 1. The van der Waals surface area contributed by atoms with Crippen molar-refractivity contribution in [1.82, 2.24) is 14.9 Å². The predicted octanol–water partition coefficient (Wildman–Crippen LogP) is 2.03. The summed E-state index contributed by atoms with van der Waals surface area (Å²) in [4.78, 5) is 4.85. The standard InChI is InChI=1S/C21H30N4O4S/c1-3-22-20(24-16-21(2,26)19-7-6-14-29-19)23-15-17-8-10-18(11-9-17)30(27,28)25-12-4-5-13-25/h6-11,14,26H,3-5,12-13,15-16H2,1-2H3,(H2,22,23,24). The van der Waals surface area contributed by atoms with Gasteiger partial charge in [-0.25, -0.2) is 13.4 Å². The number of hydrogen-bond donors (Lipinski definition) is 3. The highest BCUT2D eigenvalue weighted by atomic mass is 32.2. The summed E-state index contributed by atoms with van der Waals surface area (Å²) in [5.41, 5.74) is -0.281. The SMILES string of the molecule is CCNC(=NCc1ccc(S(=O)(=O)N2CCCC2)cc1)NCC(C)(O)c1ccco1. The number of rotatable bonds is 8. The van der Waals surface area contributed by atoms with Crippen molar-refractivity contribution in [3.8, 4) is 0 Å². The van der Waals surface area contributed by atoms with Gasteiger partial charge in [0.25, 0.3) is 0 Å². The van der Waals surface area contributed by atoms with Crippen LogP contribution in [-0.2, 0) is 22.2 Å². The van der Waals surface area contributed by atoms with Crippen LogP contribution in [0.25, 0.3) is 0 Å². The molecule has 1 aromatic heterocycles. The van der Waals surface area contributed by atoms with Gasteiger partial charge in [-0.2, -0.15) is 4.31 Å². The first-order valence-electron chi connectivity index (χ1n) is 10.2. The Hall–Kier alpha value is -2.36. The highest BCUT2D eigenvalue weighted by Crippen LogP contribution is 2.21. The first kappa shape index (κ1) is 22.3. The van der Waals surface area contributed by atoms with Gasteiger partial charge in [-0.15, -0.1) is 0 Å². The van der Waals surface area contributed by atoms with Crippen molar-refractivity contribution in [2.24, 2.45) is 4.99 Å². The molecule has 9 heteroatoms. The van der Waals surface area contributed by atoms with Crippen molar-refractivity contribution < 1.29 is 17.9 Å². The molecule has 1 aliphatic rings. The molecule has 0 amide bonds.